The molecule has 1 fully saturated rings. The van der Waals surface area contributed by atoms with E-state index >= 15 is 0 Å². The summed E-state index contributed by atoms with van der Waals surface area (Å²) < 4.78 is 5.90. The maximum Gasteiger partial charge on any atom is 0.411 e. The predicted octanol–water partition coefficient (Wildman–Crippen LogP) is 3.52. The highest BCUT2D eigenvalue weighted by Crippen LogP contribution is 2.33. The van der Waals surface area contributed by atoms with Crippen LogP contribution in [0.25, 0.3) is 0 Å². The molecule has 0 saturated carbocycles. The van der Waals surface area contributed by atoms with Crippen molar-refractivity contribution in [2.24, 2.45) is 0 Å². The number of hydrogen-bond donors (Lipinski definition) is 2. The Morgan fingerprint density at radius 3 is 2.68 bits per heavy atom. The standard InChI is InChI=1S/C23H28N4O4/c28-22(25-9-1-2-11-26-12-3-4-13-26)20-16-19(7-10-24-20)31-18-5-6-21-17(15-18)8-14-27(21)23(29)30/h5-7,10,15-16H,1-4,8-9,11-14H2,(H,25,28)(H,29,30). The monoisotopic (exact) mass is 424 g/mol. The van der Waals surface area contributed by atoms with Crippen molar-refractivity contribution in [3.8, 4) is 11.5 Å². The van der Waals surface area contributed by atoms with Crippen molar-refractivity contribution in [3.05, 3.63) is 47.8 Å². The van der Waals surface area contributed by atoms with Gasteiger partial charge in [0.05, 0.1) is 5.69 Å². The molecule has 0 aliphatic carbocycles. The summed E-state index contributed by atoms with van der Waals surface area (Å²) in [6.45, 7) is 4.58. The maximum atomic E-state index is 12.4. The third-order valence-corrected chi connectivity index (χ3v) is 5.76. The lowest BCUT2D eigenvalue weighted by Gasteiger charge is -2.14. The molecule has 4 rings (SSSR count). The fourth-order valence-electron chi connectivity index (χ4n) is 4.13. The van der Waals surface area contributed by atoms with Gasteiger partial charge in [-0.25, -0.2) is 4.79 Å². The van der Waals surface area contributed by atoms with Crippen LogP contribution in [0.4, 0.5) is 10.5 Å². The van der Waals surface area contributed by atoms with Crippen molar-refractivity contribution >= 4 is 17.7 Å². The Balaban J connectivity index is 1.29. The van der Waals surface area contributed by atoms with Gasteiger partial charge in [0.25, 0.3) is 5.91 Å². The fraction of sp³-hybridized carbons (Fsp3) is 0.435. The number of carbonyl (C=O) groups is 2. The number of aromatic nitrogens is 1. The highest BCUT2D eigenvalue weighted by Gasteiger charge is 2.24. The first kappa shape index (κ1) is 21.1. The van der Waals surface area contributed by atoms with E-state index in [0.717, 1.165) is 24.9 Å². The third-order valence-electron chi connectivity index (χ3n) is 5.76. The zero-order chi connectivity index (χ0) is 21.6. The summed E-state index contributed by atoms with van der Waals surface area (Å²) in [6, 6.07) is 8.65. The van der Waals surface area contributed by atoms with E-state index in [9.17, 15) is 14.7 Å². The SMILES string of the molecule is O=C(NCCCCN1CCCC1)c1cc(Oc2ccc3c(c2)CCN3C(=O)O)ccn1. The Morgan fingerprint density at radius 2 is 1.87 bits per heavy atom. The summed E-state index contributed by atoms with van der Waals surface area (Å²) in [5.74, 6) is 0.908. The highest BCUT2D eigenvalue weighted by molar-refractivity contribution is 5.92. The molecule has 0 unspecified atom stereocenters. The van der Waals surface area contributed by atoms with E-state index < -0.39 is 6.09 Å². The van der Waals surface area contributed by atoms with Gasteiger partial charge >= 0.3 is 6.09 Å². The molecule has 1 saturated heterocycles. The average molecular weight is 425 g/mol. The third kappa shape index (κ3) is 5.32. The number of hydrogen-bond acceptors (Lipinski definition) is 5. The summed E-state index contributed by atoms with van der Waals surface area (Å²) >= 11 is 0. The van der Waals surface area contributed by atoms with Crippen molar-refractivity contribution in [1.29, 1.82) is 0 Å². The van der Waals surface area contributed by atoms with Crippen LogP contribution in [0.5, 0.6) is 11.5 Å². The second kappa shape index (κ2) is 9.78. The Morgan fingerprint density at radius 1 is 1.06 bits per heavy atom. The number of unbranched alkanes of at least 4 members (excludes halogenated alkanes) is 1. The van der Waals surface area contributed by atoms with Gasteiger partial charge in [0.15, 0.2) is 0 Å². The van der Waals surface area contributed by atoms with E-state index in [1.54, 1.807) is 30.5 Å². The molecule has 1 aromatic heterocycles. The highest BCUT2D eigenvalue weighted by atomic mass is 16.5. The average Bonchev–Trinajstić information content (AvgIpc) is 3.43. The largest absolute Gasteiger partial charge is 0.465 e. The van der Waals surface area contributed by atoms with Crippen molar-refractivity contribution in [2.75, 3.05) is 37.6 Å². The van der Waals surface area contributed by atoms with Crippen LogP contribution in [0.3, 0.4) is 0 Å². The number of anilines is 1. The zero-order valence-corrected chi connectivity index (χ0v) is 17.5. The molecule has 0 bridgehead atoms. The van der Waals surface area contributed by atoms with Crippen LogP contribution in [0.1, 0.15) is 41.7 Å². The Kier molecular flexibility index (Phi) is 6.66. The number of carboxylic acid groups (broad SMARTS) is 1. The van der Waals surface area contributed by atoms with E-state index in [1.165, 1.54) is 30.8 Å². The molecule has 0 radical (unpaired) electrons. The first-order valence-electron chi connectivity index (χ1n) is 10.9. The van der Waals surface area contributed by atoms with E-state index in [1.807, 2.05) is 6.07 Å². The van der Waals surface area contributed by atoms with Gasteiger partial charge in [0, 0.05) is 25.4 Å². The second-order valence-corrected chi connectivity index (χ2v) is 7.97. The first-order chi connectivity index (χ1) is 15.1. The van der Waals surface area contributed by atoms with Gasteiger partial charge in [-0.3, -0.25) is 14.7 Å². The van der Waals surface area contributed by atoms with Gasteiger partial charge in [-0.05, 0) is 81.6 Å². The molecule has 8 heteroatoms. The molecule has 164 valence electrons. The molecule has 2 aliphatic rings. The van der Waals surface area contributed by atoms with Crippen molar-refractivity contribution in [3.63, 3.8) is 0 Å². The van der Waals surface area contributed by atoms with Gasteiger partial charge < -0.3 is 20.1 Å². The van der Waals surface area contributed by atoms with Gasteiger partial charge in [0.2, 0.25) is 0 Å². The van der Waals surface area contributed by atoms with E-state index in [0.29, 0.717) is 42.4 Å². The summed E-state index contributed by atoms with van der Waals surface area (Å²) in [6.07, 6.45) is 5.88. The minimum atomic E-state index is -0.951. The number of benzene rings is 1. The van der Waals surface area contributed by atoms with E-state index in [4.69, 9.17) is 4.74 Å². The minimum absolute atomic E-state index is 0.210. The van der Waals surface area contributed by atoms with Crippen LogP contribution in [0.15, 0.2) is 36.5 Å². The smallest absolute Gasteiger partial charge is 0.411 e. The summed E-state index contributed by atoms with van der Waals surface area (Å²) in [5.41, 5.74) is 1.94. The Hall–Kier alpha value is -3.13. The van der Waals surface area contributed by atoms with Crippen molar-refractivity contribution < 1.29 is 19.4 Å². The van der Waals surface area contributed by atoms with Crippen LogP contribution in [0.2, 0.25) is 0 Å². The molecule has 2 amide bonds. The molecule has 1 aromatic carbocycles. The van der Waals surface area contributed by atoms with Gasteiger partial charge in [-0.2, -0.15) is 0 Å². The molecule has 31 heavy (non-hydrogen) atoms. The molecular formula is C23H28N4O4. The van der Waals surface area contributed by atoms with Gasteiger partial charge in [-0.15, -0.1) is 0 Å². The zero-order valence-electron chi connectivity index (χ0n) is 17.5. The number of nitrogens with zero attached hydrogens (tertiary/aromatic N) is 3. The van der Waals surface area contributed by atoms with Crippen molar-refractivity contribution in [2.45, 2.75) is 32.1 Å². The number of ether oxygens (including phenoxy) is 1. The molecule has 0 spiro atoms. The summed E-state index contributed by atoms with van der Waals surface area (Å²) in [5, 5.41) is 12.2. The lowest BCUT2D eigenvalue weighted by Crippen LogP contribution is -2.26. The molecule has 2 N–H and O–H groups in total. The molecular weight excluding hydrogens is 396 g/mol. The maximum absolute atomic E-state index is 12.4. The van der Waals surface area contributed by atoms with Gasteiger partial charge in [-0.1, -0.05) is 0 Å². The van der Waals surface area contributed by atoms with Crippen LogP contribution >= 0.6 is 0 Å². The number of likely N-dealkylation sites (tertiary alicyclic amines) is 1. The molecule has 0 atom stereocenters. The number of pyridine rings is 1. The Labute approximate surface area is 181 Å². The predicted molar refractivity (Wildman–Crippen MR) is 117 cm³/mol. The fourth-order valence-corrected chi connectivity index (χ4v) is 4.13. The number of nitrogens with one attached hydrogen (secondary N) is 1. The number of rotatable bonds is 8. The topological polar surface area (TPSA) is 95.0 Å². The number of amides is 2. The first-order valence-corrected chi connectivity index (χ1v) is 10.9. The number of fused-ring (bicyclic) bond motifs is 1. The summed E-state index contributed by atoms with van der Waals surface area (Å²) in [7, 11) is 0. The molecule has 3 heterocycles. The van der Waals surface area contributed by atoms with Crippen LogP contribution in [-0.2, 0) is 6.42 Å². The van der Waals surface area contributed by atoms with Crippen LogP contribution in [-0.4, -0.2) is 59.7 Å². The Bertz CT molecular complexity index is 943. The normalized spacial score (nSPS) is 15.7. The van der Waals surface area contributed by atoms with Gasteiger partial charge in [0.1, 0.15) is 17.2 Å². The lowest BCUT2D eigenvalue weighted by atomic mass is 10.1. The van der Waals surface area contributed by atoms with Crippen molar-refractivity contribution in [1.82, 2.24) is 15.2 Å². The molecule has 2 aromatic rings. The molecule has 2 aliphatic heterocycles. The molecule has 8 nitrogen and oxygen atoms in total. The minimum Gasteiger partial charge on any atom is -0.465 e. The van der Waals surface area contributed by atoms with Crippen LogP contribution in [0, 0.1) is 0 Å². The van der Waals surface area contributed by atoms with E-state index in [2.05, 4.69) is 15.2 Å². The summed E-state index contributed by atoms with van der Waals surface area (Å²) in [4.78, 5) is 31.6. The second-order valence-electron chi connectivity index (χ2n) is 7.97. The number of carbonyl (C=O) groups excluding carboxylic acids is 1. The van der Waals surface area contributed by atoms with Crippen LogP contribution < -0.4 is 15.0 Å². The quantitative estimate of drug-likeness (QED) is 0.630. The van der Waals surface area contributed by atoms with E-state index in [-0.39, 0.29) is 5.91 Å². The lowest BCUT2D eigenvalue weighted by molar-refractivity contribution is 0.0947.